The molecule has 114 valence electrons. The minimum atomic E-state index is -0.0934. The molecular formula is C16H28N2O2. The van der Waals surface area contributed by atoms with Crippen molar-refractivity contribution >= 4 is 5.91 Å². The van der Waals surface area contributed by atoms with Crippen LogP contribution < -0.4 is 5.32 Å². The molecule has 1 amide bonds. The van der Waals surface area contributed by atoms with Crippen LogP contribution in [0.25, 0.3) is 0 Å². The number of carbonyl (C=O) groups is 1. The molecule has 4 nitrogen and oxygen atoms in total. The summed E-state index contributed by atoms with van der Waals surface area (Å²) in [7, 11) is 0. The summed E-state index contributed by atoms with van der Waals surface area (Å²) in [5.41, 5.74) is 0. The second-order valence-electron chi connectivity index (χ2n) is 6.86. The zero-order valence-electron chi connectivity index (χ0n) is 12.4. The van der Waals surface area contributed by atoms with Gasteiger partial charge in [0, 0.05) is 25.6 Å². The van der Waals surface area contributed by atoms with E-state index in [4.69, 9.17) is 0 Å². The number of rotatable bonds is 5. The minimum absolute atomic E-state index is 0.0934. The van der Waals surface area contributed by atoms with E-state index in [1.54, 1.807) is 0 Å². The van der Waals surface area contributed by atoms with E-state index >= 15 is 0 Å². The van der Waals surface area contributed by atoms with Crippen molar-refractivity contribution in [2.45, 2.75) is 51.0 Å². The lowest BCUT2D eigenvalue weighted by molar-refractivity contribution is -0.122. The largest absolute Gasteiger partial charge is 0.393 e. The second kappa shape index (κ2) is 6.44. The monoisotopic (exact) mass is 280 g/mol. The van der Waals surface area contributed by atoms with Crippen LogP contribution in [0.3, 0.4) is 0 Å². The van der Waals surface area contributed by atoms with Gasteiger partial charge in [-0.2, -0.15) is 0 Å². The fourth-order valence-electron chi connectivity index (χ4n) is 4.16. The Labute approximate surface area is 121 Å². The van der Waals surface area contributed by atoms with E-state index in [2.05, 4.69) is 10.2 Å². The molecule has 2 unspecified atom stereocenters. The Morgan fingerprint density at radius 1 is 1.10 bits per heavy atom. The second-order valence-corrected chi connectivity index (χ2v) is 6.86. The van der Waals surface area contributed by atoms with E-state index in [0.717, 1.165) is 45.4 Å². The predicted molar refractivity (Wildman–Crippen MR) is 78.2 cm³/mol. The van der Waals surface area contributed by atoms with E-state index in [1.165, 1.54) is 25.7 Å². The van der Waals surface area contributed by atoms with Gasteiger partial charge in [-0.1, -0.05) is 12.8 Å². The van der Waals surface area contributed by atoms with E-state index < -0.39 is 0 Å². The fourth-order valence-corrected chi connectivity index (χ4v) is 4.16. The maximum Gasteiger partial charge on any atom is 0.223 e. The number of carbonyl (C=O) groups excluding carboxylic acids is 1. The summed E-state index contributed by atoms with van der Waals surface area (Å²) in [5, 5.41) is 12.6. The van der Waals surface area contributed by atoms with Crippen molar-refractivity contribution in [3.8, 4) is 0 Å². The van der Waals surface area contributed by atoms with Gasteiger partial charge in [0.25, 0.3) is 0 Å². The molecule has 0 radical (unpaired) electrons. The Balaban J connectivity index is 1.28. The fraction of sp³-hybridized carbons (Fsp3) is 0.938. The van der Waals surface area contributed by atoms with Crippen molar-refractivity contribution in [1.82, 2.24) is 10.2 Å². The van der Waals surface area contributed by atoms with Crippen molar-refractivity contribution in [2.24, 2.45) is 17.8 Å². The molecule has 2 atom stereocenters. The number of piperidine rings is 1. The molecular weight excluding hydrogens is 252 g/mol. The first kappa shape index (κ1) is 14.3. The Hall–Kier alpha value is -0.610. The maximum atomic E-state index is 12.1. The van der Waals surface area contributed by atoms with E-state index in [0.29, 0.717) is 23.7 Å². The van der Waals surface area contributed by atoms with Crippen LogP contribution in [0.4, 0.5) is 0 Å². The topological polar surface area (TPSA) is 52.6 Å². The van der Waals surface area contributed by atoms with Gasteiger partial charge in [0.15, 0.2) is 0 Å². The average molecular weight is 280 g/mol. The first-order valence-corrected chi connectivity index (χ1v) is 8.44. The molecule has 0 spiro atoms. The zero-order valence-corrected chi connectivity index (χ0v) is 12.4. The van der Waals surface area contributed by atoms with Gasteiger partial charge < -0.3 is 15.3 Å². The molecule has 2 saturated carbocycles. The lowest BCUT2D eigenvalue weighted by Crippen LogP contribution is -2.37. The molecule has 1 heterocycles. The number of nitrogens with zero attached hydrogens (tertiary/aromatic N) is 1. The van der Waals surface area contributed by atoms with Crippen LogP contribution in [0, 0.1) is 17.8 Å². The summed E-state index contributed by atoms with van der Waals surface area (Å²) in [4.78, 5) is 14.5. The van der Waals surface area contributed by atoms with Crippen LogP contribution in [0.15, 0.2) is 0 Å². The van der Waals surface area contributed by atoms with Gasteiger partial charge in [-0.3, -0.25) is 4.79 Å². The summed E-state index contributed by atoms with van der Waals surface area (Å²) < 4.78 is 0. The SMILES string of the molecule is O=C(NCCCN1CCC(O)CC1)C1C2CCCCC21. The molecule has 0 aromatic carbocycles. The first-order chi connectivity index (χ1) is 9.75. The van der Waals surface area contributed by atoms with Gasteiger partial charge in [-0.25, -0.2) is 0 Å². The number of fused-ring (bicyclic) bond motifs is 1. The molecule has 20 heavy (non-hydrogen) atoms. The smallest absolute Gasteiger partial charge is 0.223 e. The predicted octanol–water partition coefficient (Wildman–Crippen LogP) is 1.39. The van der Waals surface area contributed by atoms with Gasteiger partial charge in [0.05, 0.1) is 6.10 Å². The number of hydrogen-bond acceptors (Lipinski definition) is 3. The van der Waals surface area contributed by atoms with Crippen LogP contribution in [-0.4, -0.2) is 48.2 Å². The van der Waals surface area contributed by atoms with E-state index in [1.807, 2.05) is 0 Å². The van der Waals surface area contributed by atoms with Crippen LogP contribution in [-0.2, 0) is 4.79 Å². The highest BCUT2D eigenvalue weighted by Crippen LogP contribution is 2.55. The number of likely N-dealkylation sites (tertiary alicyclic amines) is 1. The van der Waals surface area contributed by atoms with Crippen molar-refractivity contribution in [1.29, 1.82) is 0 Å². The van der Waals surface area contributed by atoms with Gasteiger partial charge >= 0.3 is 0 Å². The van der Waals surface area contributed by atoms with E-state index in [9.17, 15) is 9.90 Å². The van der Waals surface area contributed by atoms with E-state index in [-0.39, 0.29) is 6.10 Å². The maximum absolute atomic E-state index is 12.1. The molecule has 0 aromatic heterocycles. The standard InChI is InChI=1S/C16H28N2O2/c19-12-6-10-18(11-7-12)9-3-8-17-16(20)15-13-4-1-2-5-14(13)15/h12-15,19H,1-11H2,(H,17,20). The number of hydrogen-bond donors (Lipinski definition) is 2. The van der Waals surface area contributed by atoms with Gasteiger partial charge in [-0.05, 0) is 50.5 Å². The lowest BCUT2D eigenvalue weighted by Gasteiger charge is -2.29. The van der Waals surface area contributed by atoms with Crippen LogP contribution in [0.5, 0.6) is 0 Å². The quantitative estimate of drug-likeness (QED) is 0.748. The molecule has 1 aliphatic heterocycles. The summed E-state index contributed by atoms with van der Waals surface area (Å²) in [5.74, 6) is 2.10. The van der Waals surface area contributed by atoms with Crippen LogP contribution >= 0.6 is 0 Å². The molecule has 4 heteroatoms. The minimum Gasteiger partial charge on any atom is -0.393 e. The Bertz CT molecular complexity index is 327. The zero-order chi connectivity index (χ0) is 13.9. The molecule has 3 rings (SSSR count). The highest BCUT2D eigenvalue weighted by molar-refractivity contribution is 5.82. The third-order valence-corrected chi connectivity index (χ3v) is 5.47. The average Bonchev–Trinajstić information content (AvgIpc) is 3.19. The molecule has 0 aromatic rings. The summed E-state index contributed by atoms with van der Waals surface area (Å²) >= 11 is 0. The number of aliphatic hydroxyl groups is 1. The molecule has 0 bridgehead atoms. The molecule has 1 saturated heterocycles. The number of nitrogens with one attached hydrogen (secondary N) is 1. The first-order valence-electron chi connectivity index (χ1n) is 8.44. The molecule has 3 fully saturated rings. The van der Waals surface area contributed by atoms with Crippen molar-refractivity contribution in [3.05, 3.63) is 0 Å². The third-order valence-electron chi connectivity index (χ3n) is 5.47. The van der Waals surface area contributed by atoms with Crippen LogP contribution in [0.1, 0.15) is 44.9 Å². The van der Waals surface area contributed by atoms with Crippen molar-refractivity contribution in [3.63, 3.8) is 0 Å². The summed E-state index contributed by atoms with van der Waals surface area (Å²) in [6, 6.07) is 0. The third kappa shape index (κ3) is 3.34. The molecule has 2 aliphatic carbocycles. The molecule has 2 N–H and O–H groups in total. The Morgan fingerprint density at radius 3 is 2.40 bits per heavy atom. The normalized spacial score (nSPS) is 34.5. The van der Waals surface area contributed by atoms with Crippen LogP contribution in [0.2, 0.25) is 0 Å². The van der Waals surface area contributed by atoms with Crippen molar-refractivity contribution < 1.29 is 9.90 Å². The Morgan fingerprint density at radius 2 is 1.75 bits per heavy atom. The molecule has 3 aliphatic rings. The summed E-state index contributed by atoms with van der Waals surface area (Å²) in [6.07, 6.45) is 7.94. The highest BCUT2D eigenvalue weighted by Gasteiger charge is 2.54. The van der Waals surface area contributed by atoms with Gasteiger partial charge in [0.2, 0.25) is 5.91 Å². The van der Waals surface area contributed by atoms with Gasteiger partial charge in [0.1, 0.15) is 0 Å². The highest BCUT2D eigenvalue weighted by atomic mass is 16.3. The lowest BCUT2D eigenvalue weighted by atomic mass is 10.0. The summed E-state index contributed by atoms with van der Waals surface area (Å²) in [6.45, 7) is 3.86. The number of aliphatic hydroxyl groups excluding tert-OH is 1. The van der Waals surface area contributed by atoms with Crippen molar-refractivity contribution in [2.75, 3.05) is 26.2 Å². The van der Waals surface area contributed by atoms with Gasteiger partial charge in [-0.15, -0.1) is 0 Å². The Kier molecular flexibility index (Phi) is 4.61. The number of amides is 1.